The van der Waals surface area contributed by atoms with E-state index >= 15 is 0 Å². The van der Waals surface area contributed by atoms with E-state index in [1.165, 1.54) is 6.07 Å². The van der Waals surface area contributed by atoms with Gasteiger partial charge in [0, 0.05) is 67.4 Å². The van der Waals surface area contributed by atoms with Crippen LogP contribution in [0.25, 0.3) is 32.9 Å². The first-order chi connectivity index (χ1) is 21.9. The summed E-state index contributed by atoms with van der Waals surface area (Å²) in [4.78, 5) is 19.7. The minimum Gasteiger partial charge on any atom is -0.508 e. The molecule has 5 heterocycles. The van der Waals surface area contributed by atoms with Crippen LogP contribution in [0.15, 0.2) is 30.5 Å². The molecule has 45 heavy (non-hydrogen) atoms. The molecule has 3 aliphatic heterocycles. The van der Waals surface area contributed by atoms with Crippen LogP contribution in [0.4, 0.5) is 10.2 Å². The van der Waals surface area contributed by atoms with Crippen LogP contribution in [0, 0.1) is 27.1 Å². The predicted molar refractivity (Wildman–Crippen MR) is 179 cm³/mol. The topological polar surface area (TPSA) is 95.9 Å². The number of phenolic OH excluding ortho intramolecular Hbond substituents is 1. The van der Waals surface area contributed by atoms with Gasteiger partial charge in [-0.25, -0.2) is 9.37 Å². The number of anilines is 1. The number of hydrogen-bond acceptors (Lipinski definition) is 9. The molecule has 2 bridgehead atoms. The molecule has 8 rings (SSSR count). The average Bonchev–Trinajstić information content (AvgIpc) is 3.73. The van der Waals surface area contributed by atoms with E-state index in [0.29, 0.717) is 57.6 Å². The largest absolute Gasteiger partial charge is 0.508 e. The Labute approximate surface area is 274 Å². The van der Waals surface area contributed by atoms with Gasteiger partial charge in [0.2, 0.25) is 0 Å². The number of aromatic hydroxyl groups is 1. The molecule has 9 nitrogen and oxygen atoms in total. The van der Waals surface area contributed by atoms with Crippen LogP contribution < -0.4 is 15.0 Å². The summed E-state index contributed by atoms with van der Waals surface area (Å²) in [6, 6.07) is 7.33. The van der Waals surface area contributed by atoms with Crippen LogP contribution in [0.5, 0.6) is 11.8 Å². The van der Waals surface area contributed by atoms with Crippen molar-refractivity contribution in [1.82, 2.24) is 25.2 Å². The van der Waals surface area contributed by atoms with Crippen molar-refractivity contribution in [3.8, 4) is 35.2 Å². The quantitative estimate of drug-likeness (QED) is 0.208. The molecule has 2 N–H and O–H groups in total. The van der Waals surface area contributed by atoms with Crippen LogP contribution >= 0.6 is 22.6 Å². The lowest BCUT2D eigenvalue weighted by atomic mass is 9.94. The molecule has 4 aliphatic rings. The number of nitrogens with zero attached hydrogens (tertiary/aromatic N) is 5. The molecule has 4 aromatic rings. The van der Waals surface area contributed by atoms with Gasteiger partial charge in [0.15, 0.2) is 5.82 Å². The smallest absolute Gasteiger partial charge is 0.319 e. The standard InChI is InChI=1S/C34H34FIN6O3/c1-2-24-27(35)6-3-20-13-23(43)14-25(28(20)24)26-15-37-31-30(29(26)36)39-33(40-32(31)42-16-21-4-5-22(17-42)38-21)45-19-34(7-8-34)18-41-9-11-44-12-10-41/h1,3,6,13-15,21-22,38,43H,4-5,7-12,16-19H2. The molecule has 4 fully saturated rings. The van der Waals surface area contributed by atoms with E-state index < -0.39 is 5.82 Å². The molecule has 2 atom stereocenters. The summed E-state index contributed by atoms with van der Waals surface area (Å²) >= 11 is 2.28. The molecular formula is C34H34FIN6O3. The Kier molecular flexibility index (Phi) is 7.43. The fraction of sp³-hybridized carbons (Fsp3) is 0.441. The van der Waals surface area contributed by atoms with Gasteiger partial charge in [-0.05, 0) is 77.4 Å². The van der Waals surface area contributed by atoms with Gasteiger partial charge < -0.3 is 24.8 Å². The fourth-order valence-electron chi connectivity index (χ4n) is 7.21. The zero-order valence-electron chi connectivity index (χ0n) is 24.9. The van der Waals surface area contributed by atoms with E-state index in [2.05, 4.69) is 43.6 Å². The third-order valence-corrected chi connectivity index (χ3v) is 10.8. The number of hydrogen-bond donors (Lipinski definition) is 2. The summed E-state index contributed by atoms with van der Waals surface area (Å²) < 4.78 is 27.7. The highest BCUT2D eigenvalue weighted by atomic mass is 127. The van der Waals surface area contributed by atoms with E-state index in [9.17, 15) is 9.50 Å². The van der Waals surface area contributed by atoms with Gasteiger partial charge in [-0.3, -0.25) is 4.90 Å². The molecule has 11 heteroatoms. The van der Waals surface area contributed by atoms with Crippen LogP contribution in [0.3, 0.4) is 0 Å². The maximum Gasteiger partial charge on any atom is 0.319 e. The van der Waals surface area contributed by atoms with Crippen LogP contribution in [0.2, 0.25) is 0 Å². The molecule has 2 aromatic carbocycles. The second kappa shape index (κ2) is 11.5. The van der Waals surface area contributed by atoms with Crippen molar-refractivity contribution in [2.75, 3.05) is 57.4 Å². The molecule has 232 valence electrons. The molecule has 0 spiro atoms. The molecule has 3 saturated heterocycles. The van der Waals surface area contributed by atoms with Gasteiger partial charge in [0.05, 0.1) is 29.0 Å². The molecular weight excluding hydrogens is 686 g/mol. The molecule has 2 unspecified atom stereocenters. The number of rotatable bonds is 7. The second-order valence-electron chi connectivity index (χ2n) is 12.9. The Hall–Kier alpha value is -3.31. The summed E-state index contributed by atoms with van der Waals surface area (Å²) in [5.41, 5.74) is 2.91. The third kappa shape index (κ3) is 5.45. The Morgan fingerprint density at radius 3 is 2.62 bits per heavy atom. The van der Waals surface area contributed by atoms with Gasteiger partial charge >= 0.3 is 6.01 Å². The SMILES string of the molecule is C#Cc1c(F)ccc2cc(O)cc(-c3cnc4c(N5CC6CCC(C5)N6)nc(OCC5(CN6CCOCC6)CC5)nc4c3I)c12. The van der Waals surface area contributed by atoms with E-state index in [-0.39, 0.29) is 16.7 Å². The zero-order chi connectivity index (χ0) is 30.7. The highest BCUT2D eigenvalue weighted by Gasteiger charge is 2.45. The number of terminal acetylenes is 1. The number of phenols is 1. The van der Waals surface area contributed by atoms with Gasteiger partial charge in [-0.15, -0.1) is 6.42 Å². The Morgan fingerprint density at radius 2 is 1.89 bits per heavy atom. The maximum atomic E-state index is 14.9. The van der Waals surface area contributed by atoms with Crippen molar-refractivity contribution in [3.63, 3.8) is 0 Å². The molecule has 1 aliphatic carbocycles. The number of nitrogens with one attached hydrogen (secondary N) is 1. The number of pyridine rings is 1. The molecule has 2 aromatic heterocycles. The summed E-state index contributed by atoms with van der Waals surface area (Å²) in [7, 11) is 0. The van der Waals surface area contributed by atoms with Crippen LogP contribution in [0.1, 0.15) is 31.2 Å². The number of fused-ring (bicyclic) bond motifs is 4. The highest BCUT2D eigenvalue weighted by Crippen LogP contribution is 2.47. The Balaban J connectivity index is 1.22. The van der Waals surface area contributed by atoms with E-state index in [1.54, 1.807) is 24.4 Å². The molecule has 0 radical (unpaired) electrons. The number of benzene rings is 2. The first-order valence-electron chi connectivity index (χ1n) is 15.6. The van der Waals surface area contributed by atoms with Gasteiger partial charge in [-0.2, -0.15) is 9.97 Å². The summed E-state index contributed by atoms with van der Waals surface area (Å²) in [6.45, 7) is 6.66. The van der Waals surface area contributed by atoms with Gasteiger partial charge in [-0.1, -0.05) is 12.0 Å². The van der Waals surface area contributed by atoms with Crippen LogP contribution in [-0.2, 0) is 4.74 Å². The Bertz CT molecular complexity index is 1840. The summed E-state index contributed by atoms with van der Waals surface area (Å²) in [5.74, 6) is 2.86. The number of halogens is 2. The average molecular weight is 721 g/mol. The van der Waals surface area contributed by atoms with Crippen molar-refractivity contribution >= 4 is 50.2 Å². The number of ether oxygens (including phenoxy) is 2. The maximum absolute atomic E-state index is 14.9. The predicted octanol–water partition coefficient (Wildman–Crippen LogP) is 4.71. The van der Waals surface area contributed by atoms with Crippen molar-refractivity contribution in [1.29, 1.82) is 0 Å². The van der Waals surface area contributed by atoms with Crippen molar-refractivity contribution < 1.29 is 19.0 Å². The zero-order valence-corrected chi connectivity index (χ0v) is 27.0. The third-order valence-electron chi connectivity index (χ3n) is 9.74. The Morgan fingerprint density at radius 1 is 1.11 bits per heavy atom. The first kappa shape index (κ1) is 29.1. The molecule has 1 saturated carbocycles. The number of aromatic nitrogens is 3. The van der Waals surface area contributed by atoms with Crippen LogP contribution in [-0.4, -0.2) is 89.6 Å². The number of morpholine rings is 1. The first-order valence-corrected chi connectivity index (χ1v) is 16.7. The lowest BCUT2D eigenvalue weighted by molar-refractivity contribution is 0.0231. The minimum atomic E-state index is -0.486. The van der Waals surface area contributed by atoms with E-state index in [0.717, 1.165) is 81.0 Å². The minimum absolute atomic E-state index is 0.0571. The lowest BCUT2D eigenvalue weighted by Gasteiger charge is -2.34. The van der Waals surface area contributed by atoms with E-state index in [4.69, 9.17) is 30.8 Å². The van der Waals surface area contributed by atoms with Crippen molar-refractivity contribution in [2.45, 2.75) is 37.8 Å². The van der Waals surface area contributed by atoms with Crippen molar-refractivity contribution in [3.05, 3.63) is 45.4 Å². The van der Waals surface area contributed by atoms with Gasteiger partial charge in [0.1, 0.15) is 22.6 Å². The van der Waals surface area contributed by atoms with E-state index in [1.807, 2.05) is 0 Å². The van der Waals surface area contributed by atoms with Gasteiger partial charge in [0.25, 0.3) is 0 Å². The lowest BCUT2D eigenvalue weighted by Crippen LogP contribution is -2.51. The fourth-order valence-corrected chi connectivity index (χ4v) is 8.01. The monoisotopic (exact) mass is 720 g/mol. The normalized spacial score (nSPS) is 22.6. The highest BCUT2D eigenvalue weighted by molar-refractivity contribution is 14.1. The summed E-state index contributed by atoms with van der Waals surface area (Å²) in [5, 5.41) is 15.6. The second-order valence-corrected chi connectivity index (χ2v) is 14.0. The summed E-state index contributed by atoms with van der Waals surface area (Å²) in [6.07, 6.45) is 12.1. The molecule has 0 amide bonds. The number of piperazine rings is 1. The van der Waals surface area contributed by atoms with Crippen molar-refractivity contribution in [2.24, 2.45) is 5.41 Å².